The molecular formula is C17H27F2NO. The number of nitrogens with two attached hydrogens (primary N) is 1. The summed E-state index contributed by atoms with van der Waals surface area (Å²) in [6.07, 6.45) is 4.90. The van der Waals surface area contributed by atoms with Crippen molar-refractivity contribution in [3.05, 3.63) is 35.4 Å². The summed E-state index contributed by atoms with van der Waals surface area (Å²) in [5, 5.41) is 9.86. The van der Waals surface area contributed by atoms with Crippen LogP contribution in [0.15, 0.2) is 18.2 Å². The summed E-state index contributed by atoms with van der Waals surface area (Å²) >= 11 is 0. The van der Waals surface area contributed by atoms with Gasteiger partial charge in [0.15, 0.2) is 0 Å². The Morgan fingerprint density at radius 1 is 1.19 bits per heavy atom. The predicted octanol–water partition coefficient (Wildman–Crippen LogP) is 3.76. The molecule has 3 N–H and O–H groups in total. The molecule has 0 amide bonds. The molecule has 0 saturated carbocycles. The minimum absolute atomic E-state index is 0.176. The maximum atomic E-state index is 13.5. The van der Waals surface area contributed by atoms with Crippen molar-refractivity contribution in [2.75, 3.05) is 13.2 Å². The molecular weight excluding hydrogens is 272 g/mol. The smallest absolute Gasteiger partial charge is 0.126 e. The van der Waals surface area contributed by atoms with Gasteiger partial charge in [-0.05, 0) is 30.0 Å². The lowest BCUT2D eigenvalue weighted by molar-refractivity contribution is 0.163. The Morgan fingerprint density at radius 3 is 2.24 bits per heavy atom. The van der Waals surface area contributed by atoms with E-state index < -0.39 is 17.0 Å². The first-order valence-corrected chi connectivity index (χ1v) is 7.78. The largest absolute Gasteiger partial charge is 0.395 e. The zero-order valence-electron chi connectivity index (χ0n) is 13.0. The van der Waals surface area contributed by atoms with E-state index >= 15 is 0 Å². The molecule has 1 aromatic rings. The van der Waals surface area contributed by atoms with Gasteiger partial charge in [0.05, 0.1) is 6.61 Å². The van der Waals surface area contributed by atoms with E-state index in [-0.39, 0.29) is 13.2 Å². The number of aliphatic hydroxyl groups is 1. The second-order valence-corrected chi connectivity index (χ2v) is 5.92. The molecule has 0 fully saturated rings. The number of halogens is 2. The van der Waals surface area contributed by atoms with Gasteiger partial charge in [-0.2, -0.15) is 0 Å². The number of rotatable bonds is 9. The Morgan fingerprint density at radius 2 is 1.81 bits per heavy atom. The fraction of sp³-hybridized carbons (Fsp3) is 0.647. The fourth-order valence-electron chi connectivity index (χ4n) is 2.90. The molecule has 0 bridgehead atoms. The van der Waals surface area contributed by atoms with Gasteiger partial charge in [0.1, 0.15) is 11.6 Å². The summed E-state index contributed by atoms with van der Waals surface area (Å²) in [7, 11) is 0. The summed E-state index contributed by atoms with van der Waals surface area (Å²) in [4.78, 5) is 0. The summed E-state index contributed by atoms with van der Waals surface area (Å²) in [5.74, 6) is -0.859. The Hall–Kier alpha value is -1.00. The third kappa shape index (κ3) is 4.75. The molecule has 2 atom stereocenters. The minimum atomic E-state index is -0.767. The van der Waals surface area contributed by atoms with Crippen molar-refractivity contribution in [3.8, 4) is 0 Å². The van der Waals surface area contributed by atoms with Crippen molar-refractivity contribution in [3.63, 3.8) is 0 Å². The molecule has 0 saturated heterocycles. The molecule has 0 heterocycles. The third-order valence-electron chi connectivity index (χ3n) is 4.39. The molecule has 2 unspecified atom stereocenters. The van der Waals surface area contributed by atoms with E-state index in [9.17, 15) is 13.9 Å². The molecule has 0 radical (unpaired) electrons. The van der Waals surface area contributed by atoms with Crippen molar-refractivity contribution in [2.45, 2.75) is 51.4 Å². The van der Waals surface area contributed by atoms with E-state index in [1.165, 1.54) is 12.1 Å². The van der Waals surface area contributed by atoms with Crippen LogP contribution in [0, 0.1) is 17.6 Å². The van der Waals surface area contributed by atoms with Gasteiger partial charge in [-0.1, -0.05) is 39.5 Å². The SMILES string of the molecule is CCCCC(CC)CC(CN)(CO)c1cc(F)cc(F)c1. The van der Waals surface area contributed by atoms with E-state index in [1.807, 2.05) is 0 Å². The Balaban J connectivity index is 3.06. The van der Waals surface area contributed by atoms with E-state index in [4.69, 9.17) is 5.73 Å². The maximum absolute atomic E-state index is 13.5. The first-order chi connectivity index (χ1) is 10.0. The van der Waals surface area contributed by atoms with Crippen molar-refractivity contribution in [1.82, 2.24) is 0 Å². The van der Waals surface area contributed by atoms with Crippen LogP contribution in [-0.2, 0) is 5.41 Å². The molecule has 120 valence electrons. The molecule has 1 rings (SSSR count). The normalized spacial score (nSPS) is 15.7. The van der Waals surface area contributed by atoms with Crippen molar-refractivity contribution in [2.24, 2.45) is 11.7 Å². The highest BCUT2D eigenvalue weighted by Crippen LogP contribution is 2.34. The zero-order valence-corrected chi connectivity index (χ0v) is 13.0. The summed E-state index contributed by atoms with van der Waals surface area (Å²) < 4.78 is 27.0. The average molecular weight is 299 g/mol. The molecule has 0 aliphatic rings. The van der Waals surface area contributed by atoms with Crippen LogP contribution in [0.25, 0.3) is 0 Å². The topological polar surface area (TPSA) is 46.2 Å². The van der Waals surface area contributed by atoms with Crippen molar-refractivity contribution in [1.29, 1.82) is 0 Å². The predicted molar refractivity (Wildman–Crippen MR) is 82.1 cm³/mol. The van der Waals surface area contributed by atoms with E-state index in [0.29, 0.717) is 17.9 Å². The van der Waals surface area contributed by atoms with E-state index in [1.54, 1.807) is 0 Å². The van der Waals surface area contributed by atoms with Crippen LogP contribution in [0.1, 0.15) is 51.5 Å². The number of hydrogen-bond donors (Lipinski definition) is 2. The van der Waals surface area contributed by atoms with Gasteiger partial charge in [0.25, 0.3) is 0 Å². The van der Waals surface area contributed by atoms with E-state index in [0.717, 1.165) is 31.7 Å². The highest BCUT2D eigenvalue weighted by molar-refractivity contribution is 5.28. The number of benzene rings is 1. The second-order valence-electron chi connectivity index (χ2n) is 5.92. The maximum Gasteiger partial charge on any atom is 0.126 e. The van der Waals surface area contributed by atoms with Crippen molar-refractivity contribution < 1.29 is 13.9 Å². The van der Waals surface area contributed by atoms with Gasteiger partial charge in [0, 0.05) is 18.0 Å². The molecule has 1 aromatic carbocycles. The standard InChI is InChI=1S/C17H27F2NO/c1-3-5-6-13(4-2)10-17(11-20,12-21)14-7-15(18)9-16(19)8-14/h7-9,13,21H,3-6,10-12,20H2,1-2H3. The van der Waals surface area contributed by atoms with Crippen LogP contribution in [0.5, 0.6) is 0 Å². The number of unbranched alkanes of at least 4 members (excludes halogenated alkanes) is 1. The van der Waals surface area contributed by atoms with E-state index in [2.05, 4.69) is 13.8 Å². The van der Waals surface area contributed by atoms with Crippen LogP contribution in [0.2, 0.25) is 0 Å². The molecule has 2 nitrogen and oxygen atoms in total. The lowest BCUT2D eigenvalue weighted by atomic mass is 9.72. The lowest BCUT2D eigenvalue weighted by Crippen LogP contribution is -2.41. The van der Waals surface area contributed by atoms with Gasteiger partial charge >= 0.3 is 0 Å². The first kappa shape index (κ1) is 18.1. The van der Waals surface area contributed by atoms with Gasteiger partial charge in [0.2, 0.25) is 0 Å². The Labute approximate surface area is 126 Å². The number of aliphatic hydroxyl groups excluding tert-OH is 1. The highest BCUT2D eigenvalue weighted by Gasteiger charge is 2.33. The molecule has 0 aliphatic heterocycles. The Kier molecular flexibility index (Phi) is 7.26. The molecule has 0 spiro atoms. The average Bonchev–Trinajstić information content (AvgIpc) is 2.47. The quantitative estimate of drug-likeness (QED) is 0.729. The van der Waals surface area contributed by atoms with Gasteiger partial charge in [-0.25, -0.2) is 8.78 Å². The highest BCUT2D eigenvalue weighted by atomic mass is 19.1. The molecule has 4 heteroatoms. The third-order valence-corrected chi connectivity index (χ3v) is 4.39. The van der Waals surface area contributed by atoms with Crippen molar-refractivity contribution >= 4 is 0 Å². The van der Waals surface area contributed by atoms with Gasteiger partial charge in [-0.3, -0.25) is 0 Å². The van der Waals surface area contributed by atoms with Crippen LogP contribution in [0.3, 0.4) is 0 Å². The molecule has 0 aromatic heterocycles. The summed E-state index contributed by atoms with van der Waals surface area (Å²) in [6.45, 7) is 4.21. The van der Waals surface area contributed by atoms with Crippen LogP contribution in [0.4, 0.5) is 8.78 Å². The van der Waals surface area contributed by atoms with Gasteiger partial charge in [-0.15, -0.1) is 0 Å². The molecule has 0 aliphatic carbocycles. The number of hydrogen-bond acceptors (Lipinski definition) is 2. The van der Waals surface area contributed by atoms with Gasteiger partial charge < -0.3 is 10.8 Å². The zero-order chi connectivity index (χ0) is 15.9. The first-order valence-electron chi connectivity index (χ1n) is 7.78. The van der Waals surface area contributed by atoms with Crippen LogP contribution >= 0.6 is 0 Å². The Bertz CT molecular complexity index is 413. The lowest BCUT2D eigenvalue weighted by Gasteiger charge is -2.34. The van der Waals surface area contributed by atoms with Crippen LogP contribution in [-0.4, -0.2) is 18.3 Å². The monoisotopic (exact) mass is 299 g/mol. The van der Waals surface area contributed by atoms with Crippen LogP contribution < -0.4 is 5.73 Å². The fourth-order valence-corrected chi connectivity index (χ4v) is 2.90. The summed E-state index contributed by atoms with van der Waals surface area (Å²) in [6, 6.07) is 3.42. The summed E-state index contributed by atoms with van der Waals surface area (Å²) in [5.41, 5.74) is 5.57. The molecule has 21 heavy (non-hydrogen) atoms. The minimum Gasteiger partial charge on any atom is -0.395 e. The second kappa shape index (κ2) is 8.44.